The van der Waals surface area contributed by atoms with Crippen LogP contribution in [0.25, 0.3) is 0 Å². The summed E-state index contributed by atoms with van der Waals surface area (Å²) < 4.78 is 12.1. The highest BCUT2D eigenvalue weighted by Crippen LogP contribution is 2.56. The van der Waals surface area contributed by atoms with Crippen LogP contribution in [0.1, 0.15) is 88.3 Å². The number of aliphatic hydroxyl groups excluding tert-OH is 2. The number of aliphatic hydroxyl groups is 3. The van der Waals surface area contributed by atoms with Crippen LogP contribution in [0.5, 0.6) is 23.0 Å². The number of nitrogens with zero attached hydrogens (tertiary/aromatic N) is 1. The van der Waals surface area contributed by atoms with E-state index < -0.39 is 98.7 Å². The molecule has 0 aromatic heterocycles. The molecule has 1 unspecified atom stereocenters. The molecule has 0 spiro atoms. The molecule has 5 rings (SSSR count). The van der Waals surface area contributed by atoms with E-state index in [1.165, 1.54) is 0 Å². The van der Waals surface area contributed by atoms with Gasteiger partial charge in [-0.05, 0) is 39.6 Å². The van der Waals surface area contributed by atoms with Gasteiger partial charge in [-0.3, -0.25) is 9.59 Å². The maximum Gasteiger partial charge on any atom is 0.202 e. The number of fused-ring (bicyclic) bond motifs is 3. The Morgan fingerprint density at radius 2 is 1.48 bits per heavy atom. The number of ether oxygens (including phenoxy) is 2. The zero-order valence-corrected chi connectivity index (χ0v) is 22.5. The van der Waals surface area contributed by atoms with E-state index in [9.17, 15) is 45.3 Å². The number of carbonyl (C=O) groups excluding carboxylic acids is 2. The van der Waals surface area contributed by atoms with Crippen LogP contribution < -0.4 is 0 Å². The van der Waals surface area contributed by atoms with Crippen molar-refractivity contribution >= 4 is 11.6 Å². The number of phenols is 4. The lowest BCUT2D eigenvalue weighted by Gasteiger charge is -2.45. The molecule has 40 heavy (non-hydrogen) atoms. The maximum atomic E-state index is 13.5. The van der Waals surface area contributed by atoms with Crippen molar-refractivity contribution in [2.75, 3.05) is 14.1 Å². The van der Waals surface area contributed by atoms with Crippen LogP contribution in [-0.2, 0) is 9.47 Å². The summed E-state index contributed by atoms with van der Waals surface area (Å²) in [6.07, 6.45) is -5.48. The summed E-state index contributed by atoms with van der Waals surface area (Å²) in [7, 11) is 3.57. The number of rotatable bonds is 4. The van der Waals surface area contributed by atoms with Gasteiger partial charge >= 0.3 is 0 Å². The fraction of sp³-hybridized carbons (Fsp3) is 0.500. The number of hydrogen-bond acceptors (Lipinski definition) is 12. The minimum Gasteiger partial charge on any atom is -0.507 e. The van der Waals surface area contributed by atoms with Gasteiger partial charge in [0.15, 0.2) is 6.29 Å². The summed E-state index contributed by atoms with van der Waals surface area (Å²) in [5.41, 5.74) is -4.88. The molecule has 1 aliphatic heterocycles. The van der Waals surface area contributed by atoms with Crippen LogP contribution in [0.15, 0.2) is 12.1 Å². The summed E-state index contributed by atoms with van der Waals surface area (Å²) in [4.78, 5) is 28.8. The van der Waals surface area contributed by atoms with Crippen molar-refractivity contribution in [3.63, 3.8) is 0 Å². The zero-order valence-electron chi connectivity index (χ0n) is 22.5. The number of hydrogen-bond donors (Lipinski definition) is 7. The molecule has 1 heterocycles. The van der Waals surface area contributed by atoms with Crippen LogP contribution in [0, 0.1) is 0 Å². The Morgan fingerprint density at radius 3 is 1.98 bits per heavy atom. The Bertz CT molecular complexity index is 1410. The van der Waals surface area contributed by atoms with E-state index in [0.717, 1.165) is 12.1 Å². The molecule has 0 bridgehead atoms. The topological polar surface area (TPSA) is 197 Å². The van der Waals surface area contributed by atoms with Crippen molar-refractivity contribution in [1.29, 1.82) is 0 Å². The fourth-order valence-corrected chi connectivity index (χ4v) is 6.17. The average Bonchev–Trinajstić information content (AvgIpc) is 2.89. The van der Waals surface area contributed by atoms with Crippen molar-refractivity contribution in [3.05, 3.63) is 45.5 Å². The van der Waals surface area contributed by atoms with E-state index >= 15 is 0 Å². The highest BCUT2D eigenvalue weighted by Gasteiger charge is 2.52. The van der Waals surface area contributed by atoms with Gasteiger partial charge in [-0.2, -0.15) is 0 Å². The van der Waals surface area contributed by atoms with Crippen molar-refractivity contribution in [2.45, 2.75) is 75.5 Å². The molecule has 12 heteroatoms. The molecule has 0 saturated carbocycles. The standard InChI is InChI=1S/C28H33NO11/c1-5-28(38)9-14(40-15-8-11(29(3)4)22(32)10(2)39-15)18-21(27(28)37)26(36)20-19(25(18)35)23(33)16-12(30)6-7-13(31)17(16)24(20)34/h6-7,10-11,14-15,22,27,30-32,35-38H,5,8-9H2,1-4H3/t10-,11-,14-,15-,22+,27?,28+/m0/s1. The number of likely N-dealkylation sites (N-methyl/N-ethyl adjacent to an activating group) is 1. The normalized spacial score (nSPS) is 31.6. The molecule has 3 aliphatic rings. The Kier molecular flexibility index (Phi) is 6.85. The number of ketones is 2. The molecule has 7 N–H and O–H groups in total. The van der Waals surface area contributed by atoms with Gasteiger partial charge in [0.1, 0.15) is 29.1 Å². The first-order chi connectivity index (χ1) is 18.7. The van der Waals surface area contributed by atoms with Gasteiger partial charge in [0.05, 0.1) is 46.2 Å². The molecular weight excluding hydrogens is 526 g/mol. The minimum atomic E-state index is -1.86. The SMILES string of the molecule is CC[C@@]1(O)C[C@H](O[C@H]2C[C@H](N(C)C)[C@H](O)[C@H](C)O2)c2c(O)c3c(c(O)c2C1O)C(=O)c1c(O)ccc(O)c1C3=O. The van der Waals surface area contributed by atoms with Gasteiger partial charge in [-0.25, -0.2) is 0 Å². The lowest BCUT2D eigenvalue weighted by molar-refractivity contribution is -0.261. The van der Waals surface area contributed by atoms with Gasteiger partial charge < -0.3 is 50.1 Å². The molecule has 12 nitrogen and oxygen atoms in total. The second-order valence-corrected chi connectivity index (χ2v) is 11.0. The van der Waals surface area contributed by atoms with Crippen molar-refractivity contribution < 1.29 is 54.8 Å². The van der Waals surface area contributed by atoms with E-state index in [-0.39, 0.29) is 30.9 Å². The quantitative estimate of drug-likeness (QED) is 0.227. The molecule has 1 saturated heterocycles. The first-order valence-electron chi connectivity index (χ1n) is 13.0. The predicted octanol–water partition coefficient (Wildman–Crippen LogP) is 1.35. The first kappa shape index (κ1) is 28.3. The van der Waals surface area contributed by atoms with Crippen molar-refractivity contribution in [2.24, 2.45) is 0 Å². The Labute approximate surface area is 229 Å². The smallest absolute Gasteiger partial charge is 0.202 e. The van der Waals surface area contributed by atoms with E-state index in [1.807, 2.05) is 4.90 Å². The van der Waals surface area contributed by atoms with E-state index in [1.54, 1.807) is 27.9 Å². The lowest BCUT2D eigenvalue weighted by atomic mass is 9.70. The summed E-state index contributed by atoms with van der Waals surface area (Å²) >= 11 is 0. The molecule has 216 valence electrons. The first-order valence-corrected chi connectivity index (χ1v) is 13.0. The van der Waals surface area contributed by atoms with Gasteiger partial charge in [0.2, 0.25) is 11.6 Å². The van der Waals surface area contributed by atoms with Crippen molar-refractivity contribution in [1.82, 2.24) is 4.90 Å². The number of carbonyl (C=O) groups is 2. The van der Waals surface area contributed by atoms with Crippen LogP contribution in [0.3, 0.4) is 0 Å². The molecule has 2 aromatic rings. The second kappa shape index (κ2) is 9.68. The van der Waals surface area contributed by atoms with Crippen LogP contribution >= 0.6 is 0 Å². The zero-order chi connectivity index (χ0) is 29.4. The summed E-state index contributed by atoms with van der Waals surface area (Å²) in [5, 5.41) is 76.7. The summed E-state index contributed by atoms with van der Waals surface area (Å²) in [6, 6.07) is 1.68. The van der Waals surface area contributed by atoms with Crippen LogP contribution in [0.4, 0.5) is 0 Å². The van der Waals surface area contributed by atoms with Crippen molar-refractivity contribution in [3.8, 4) is 23.0 Å². The van der Waals surface area contributed by atoms with Gasteiger partial charge in [0.25, 0.3) is 0 Å². The third-order valence-electron chi connectivity index (χ3n) is 8.50. The van der Waals surface area contributed by atoms with Gasteiger partial charge in [0, 0.05) is 30.0 Å². The van der Waals surface area contributed by atoms with Crippen LogP contribution in [0.2, 0.25) is 0 Å². The molecule has 2 aromatic carbocycles. The Morgan fingerprint density at radius 1 is 0.950 bits per heavy atom. The van der Waals surface area contributed by atoms with E-state index in [2.05, 4.69) is 0 Å². The summed E-state index contributed by atoms with van der Waals surface area (Å²) in [5.74, 6) is -4.96. The second-order valence-electron chi connectivity index (χ2n) is 11.0. The van der Waals surface area contributed by atoms with Crippen LogP contribution in [-0.4, -0.2) is 96.4 Å². The molecule has 0 radical (unpaired) electrons. The molecule has 1 fully saturated rings. The largest absolute Gasteiger partial charge is 0.507 e. The Hall–Kier alpha value is -3.26. The third-order valence-corrected chi connectivity index (χ3v) is 8.50. The molecule has 2 aliphatic carbocycles. The van der Waals surface area contributed by atoms with Gasteiger partial charge in [-0.15, -0.1) is 0 Å². The van der Waals surface area contributed by atoms with Gasteiger partial charge in [-0.1, -0.05) is 6.92 Å². The lowest BCUT2D eigenvalue weighted by Crippen LogP contribution is -2.54. The highest BCUT2D eigenvalue weighted by atomic mass is 16.7. The Balaban J connectivity index is 1.69. The maximum absolute atomic E-state index is 13.5. The molecule has 0 amide bonds. The predicted molar refractivity (Wildman–Crippen MR) is 137 cm³/mol. The number of aromatic hydroxyl groups is 4. The fourth-order valence-electron chi connectivity index (χ4n) is 6.17. The minimum absolute atomic E-state index is 0.00388. The third kappa shape index (κ3) is 3.98. The molecule has 7 atom stereocenters. The van der Waals surface area contributed by atoms with E-state index in [4.69, 9.17) is 9.47 Å². The monoisotopic (exact) mass is 559 g/mol. The average molecular weight is 560 g/mol. The summed E-state index contributed by atoms with van der Waals surface area (Å²) in [6.45, 7) is 3.27. The highest BCUT2D eigenvalue weighted by molar-refractivity contribution is 6.32. The number of benzene rings is 2. The van der Waals surface area contributed by atoms with E-state index in [0.29, 0.717) is 0 Å². The number of phenolic OH excluding ortho intramolecular Hbond substituents is 4. The molecular formula is C28H33NO11.